The number of aromatic nitrogens is 2. The SMILES string of the molecule is Cc1nsc(NC(=O)/C=C/C(=O)O)n1. The molecule has 1 heterocycles. The minimum atomic E-state index is -1.17. The molecule has 2 N–H and O–H groups in total. The molecule has 0 saturated carbocycles. The molecule has 7 heteroatoms. The highest BCUT2D eigenvalue weighted by atomic mass is 32.1. The Balaban J connectivity index is 2.53. The molecule has 0 radical (unpaired) electrons. The lowest BCUT2D eigenvalue weighted by atomic mass is 10.5. The molecule has 0 aliphatic rings. The maximum Gasteiger partial charge on any atom is 0.328 e. The van der Waals surface area contributed by atoms with Crippen LogP contribution in [0.1, 0.15) is 5.82 Å². The van der Waals surface area contributed by atoms with Crippen molar-refractivity contribution in [3.63, 3.8) is 0 Å². The lowest BCUT2D eigenvalue weighted by Gasteiger charge is -1.92. The van der Waals surface area contributed by atoms with Crippen molar-refractivity contribution in [3.05, 3.63) is 18.0 Å². The predicted octanol–water partition coefficient (Wildman–Crippen LogP) is 0.426. The number of carbonyl (C=O) groups excluding carboxylic acids is 1. The molecular weight excluding hydrogens is 206 g/mol. The van der Waals surface area contributed by atoms with Crippen LogP contribution in [0.25, 0.3) is 0 Å². The van der Waals surface area contributed by atoms with Crippen molar-refractivity contribution in [2.24, 2.45) is 0 Å². The second kappa shape index (κ2) is 4.47. The molecule has 0 spiro atoms. The Morgan fingerprint density at radius 2 is 2.21 bits per heavy atom. The van der Waals surface area contributed by atoms with E-state index in [0.29, 0.717) is 11.0 Å². The Kier molecular flexibility index (Phi) is 3.29. The molecule has 0 aromatic carbocycles. The Bertz CT molecular complexity index is 385. The van der Waals surface area contributed by atoms with E-state index < -0.39 is 11.9 Å². The summed E-state index contributed by atoms with van der Waals surface area (Å²) < 4.78 is 3.84. The van der Waals surface area contributed by atoms with Crippen LogP contribution in [0.15, 0.2) is 12.2 Å². The molecule has 0 aliphatic carbocycles. The number of hydrogen-bond acceptors (Lipinski definition) is 5. The van der Waals surface area contributed by atoms with Gasteiger partial charge in [0, 0.05) is 23.7 Å². The summed E-state index contributed by atoms with van der Waals surface area (Å²) in [6.45, 7) is 1.69. The first-order valence-electron chi connectivity index (χ1n) is 3.60. The second-order valence-electron chi connectivity index (χ2n) is 2.31. The van der Waals surface area contributed by atoms with Crippen molar-refractivity contribution in [3.8, 4) is 0 Å². The number of carbonyl (C=O) groups is 2. The molecule has 0 aliphatic heterocycles. The number of nitrogens with zero attached hydrogens (tertiary/aromatic N) is 2. The molecule has 6 nitrogen and oxygen atoms in total. The third-order valence-electron chi connectivity index (χ3n) is 1.13. The van der Waals surface area contributed by atoms with Gasteiger partial charge in [0.15, 0.2) is 0 Å². The minimum Gasteiger partial charge on any atom is -0.478 e. The monoisotopic (exact) mass is 213 g/mol. The van der Waals surface area contributed by atoms with Gasteiger partial charge in [-0.05, 0) is 6.92 Å². The zero-order valence-corrected chi connectivity index (χ0v) is 8.04. The van der Waals surface area contributed by atoms with Gasteiger partial charge in [-0.3, -0.25) is 10.1 Å². The number of aryl methyl sites for hydroxylation is 1. The Hall–Kier alpha value is -1.76. The number of carboxylic acids is 1. The van der Waals surface area contributed by atoms with Gasteiger partial charge < -0.3 is 5.11 Å². The fourth-order valence-corrected chi connectivity index (χ4v) is 1.22. The van der Waals surface area contributed by atoms with E-state index in [2.05, 4.69) is 14.7 Å². The first-order chi connectivity index (χ1) is 6.58. The average Bonchev–Trinajstić information content (AvgIpc) is 2.48. The third-order valence-corrected chi connectivity index (χ3v) is 1.86. The highest BCUT2D eigenvalue weighted by Gasteiger charge is 2.02. The van der Waals surface area contributed by atoms with Crippen molar-refractivity contribution in [2.75, 3.05) is 5.32 Å². The van der Waals surface area contributed by atoms with Crippen LogP contribution in [0.4, 0.5) is 5.13 Å². The van der Waals surface area contributed by atoms with Gasteiger partial charge in [0.1, 0.15) is 5.82 Å². The van der Waals surface area contributed by atoms with E-state index in [4.69, 9.17) is 5.11 Å². The van der Waals surface area contributed by atoms with Crippen molar-refractivity contribution < 1.29 is 14.7 Å². The topological polar surface area (TPSA) is 92.2 Å². The van der Waals surface area contributed by atoms with E-state index in [1.807, 2.05) is 0 Å². The lowest BCUT2D eigenvalue weighted by molar-refractivity contribution is -0.131. The molecule has 1 aromatic heterocycles. The van der Waals surface area contributed by atoms with Crippen LogP contribution < -0.4 is 5.32 Å². The van der Waals surface area contributed by atoms with Gasteiger partial charge in [0.25, 0.3) is 0 Å². The molecule has 1 rings (SSSR count). The number of hydrogen-bond donors (Lipinski definition) is 2. The zero-order chi connectivity index (χ0) is 10.6. The van der Waals surface area contributed by atoms with Crippen LogP contribution in [-0.4, -0.2) is 26.3 Å². The summed E-state index contributed by atoms with van der Waals surface area (Å²) in [5.41, 5.74) is 0. The standard InChI is InChI=1S/C7H7N3O3S/c1-4-8-7(14-10-4)9-5(11)2-3-6(12)13/h2-3H,1H3,(H,12,13)(H,8,9,10,11)/b3-2+. The van der Waals surface area contributed by atoms with E-state index >= 15 is 0 Å². The average molecular weight is 213 g/mol. The Labute approximate surface area is 83.5 Å². The van der Waals surface area contributed by atoms with Crippen molar-refractivity contribution >= 4 is 28.5 Å². The summed E-state index contributed by atoms with van der Waals surface area (Å²) in [5, 5.41) is 11.0. The van der Waals surface area contributed by atoms with Crippen molar-refractivity contribution in [1.29, 1.82) is 0 Å². The fourth-order valence-electron chi connectivity index (χ4n) is 0.642. The normalized spacial score (nSPS) is 10.4. The van der Waals surface area contributed by atoms with Crippen LogP contribution in [0, 0.1) is 6.92 Å². The number of carboxylic acid groups (broad SMARTS) is 1. The first-order valence-corrected chi connectivity index (χ1v) is 4.37. The van der Waals surface area contributed by atoms with Gasteiger partial charge >= 0.3 is 5.97 Å². The zero-order valence-electron chi connectivity index (χ0n) is 7.22. The van der Waals surface area contributed by atoms with E-state index in [-0.39, 0.29) is 0 Å². The van der Waals surface area contributed by atoms with Crippen molar-refractivity contribution in [2.45, 2.75) is 6.92 Å². The van der Waals surface area contributed by atoms with Gasteiger partial charge in [-0.2, -0.15) is 4.37 Å². The third kappa shape index (κ3) is 3.31. The molecule has 74 valence electrons. The molecular formula is C7H7N3O3S. The van der Waals surface area contributed by atoms with Gasteiger partial charge in [-0.1, -0.05) is 0 Å². The van der Waals surface area contributed by atoms with E-state index in [1.165, 1.54) is 0 Å². The number of aliphatic carboxylic acids is 1. The number of anilines is 1. The van der Waals surface area contributed by atoms with Crippen LogP contribution in [-0.2, 0) is 9.59 Å². The molecule has 0 saturated heterocycles. The fraction of sp³-hybridized carbons (Fsp3) is 0.143. The highest BCUT2D eigenvalue weighted by Crippen LogP contribution is 2.09. The Morgan fingerprint density at radius 3 is 2.71 bits per heavy atom. The van der Waals surface area contributed by atoms with E-state index in [1.54, 1.807) is 6.92 Å². The maximum absolute atomic E-state index is 11.0. The number of amides is 1. The second-order valence-corrected chi connectivity index (χ2v) is 3.06. The number of nitrogens with one attached hydrogen (secondary N) is 1. The summed E-state index contributed by atoms with van der Waals surface area (Å²) in [4.78, 5) is 24.9. The Morgan fingerprint density at radius 1 is 1.50 bits per heavy atom. The highest BCUT2D eigenvalue weighted by molar-refractivity contribution is 7.09. The maximum atomic E-state index is 11.0. The van der Waals surface area contributed by atoms with E-state index in [0.717, 1.165) is 23.7 Å². The summed E-state index contributed by atoms with van der Waals surface area (Å²) in [7, 11) is 0. The summed E-state index contributed by atoms with van der Waals surface area (Å²) >= 11 is 1.04. The van der Waals surface area contributed by atoms with Gasteiger partial charge in [-0.25, -0.2) is 9.78 Å². The van der Waals surface area contributed by atoms with Gasteiger partial charge in [0.05, 0.1) is 0 Å². The summed E-state index contributed by atoms with van der Waals surface area (Å²) in [6, 6.07) is 0. The number of rotatable bonds is 3. The molecule has 1 amide bonds. The molecule has 0 unspecified atom stereocenters. The molecule has 14 heavy (non-hydrogen) atoms. The van der Waals surface area contributed by atoms with Gasteiger partial charge in [-0.15, -0.1) is 0 Å². The van der Waals surface area contributed by atoms with Crippen LogP contribution in [0.2, 0.25) is 0 Å². The van der Waals surface area contributed by atoms with E-state index in [9.17, 15) is 9.59 Å². The molecule has 0 fully saturated rings. The van der Waals surface area contributed by atoms with Crippen LogP contribution in [0.3, 0.4) is 0 Å². The summed E-state index contributed by atoms with van der Waals surface area (Å²) in [6.07, 6.45) is 1.67. The lowest BCUT2D eigenvalue weighted by Crippen LogP contribution is -2.08. The summed E-state index contributed by atoms with van der Waals surface area (Å²) in [5.74, 6) is -1.15. The van der Waals surface area contributed by atoms with Crippen LogP contribution in [0.5, 0.6) is 0 Å². The quantitative estimate of drug-likeness (QED) is 0.710. The molecule has 0 bridgehead atoms. The van der Waals surface area contributed by atoms with Gasteiger partial charge in [0.2, 0.25) is 11.0 Å². The predicted molar refractivity (Wildman–Crippen MR) is 50.1 cm³/mol. The molecule has 1 aromatic rings. The largest absolute Gasteiger partial charge is 0.478 e. The first kappa shape index (κ1) is 10.3. The smallest absolute Gasteiger partial charge is 0.328 e. The minimum absolute atomic E-state index is 0.350. The molecule has 0 atom stereocenters. The van der Waals surface area contributed by atoms with Crippen molar-refractivity contribution in [1.82, 2.24) is 9.36 Å². The van der Waals surface area contributed by atoms with Crippen LogP contribution >= 0.6 is 11.5 Å².